The molecule has 0 spiro atoms. The monoisotopic (exact) mass is 221 g/mol. The number of aromatic nitrogens is 1. The van der Waals surface area contributed by atoms with Crippen LogP contribution in [0.25, 0.3) is 0 Å². The van der Waals surface area contributed by atoms with Crippen LogP contribution in [0.3, 0.4) is 0 Å². The number of ether oxygens (including phenoxy) is 1. The average molecular weight is 222 g/mol. The number of hydrogen-bond acceptors (Lipinski definition) is 4. The first-order chi connectivity index (χ1) is 5.84. The Morgan fingerprint density at radius 2 is 2.67 bits per heavy atom. The molecule has 0 N–H and O–H groups in total. The van der Waals surface area contributed by atoms with E-state index < -0.39 is 0 Å². The first-order valence-electron chi connectivity index (χ1n) is 3.70. The summed E-state index contributed by atoms with van der Waals surface area (Å²) < 4.78 is 7.07. The molecular weight excluding hydrogens is 214 g/mol. The molecule has 2 nitrogen and oxygen atoms in total. The summed E-state index contributed by atoms with van der Waals surface area (Å²) in [6.07, 6.45) is 2.83. The van der Waals surface area contributed by atoms with Gasteiger partial charge in [0, 0.05) is 11.9 Å². The second-order valence-corrected chi connectivity index (χ2v) is 5.74. The fourth-order valence-electron chi connectivity index (χ4n) is 1.04. The molecule has 1 atom stereocenters. The minimum atomic E-state index is 0.576. The first-order valence-corrected chi connectivity index (χ1v) is 5.78. The van der Waals surface area contributed by atoms with E-state index in [0.29, 0.717) is 5.25 Å². The zero-order valence-electron chi connectivity index (χ0n) is 6.33. The van der Waals surface area contributed by atoms with Gasteiger partial charge in [-0.2, -0.15) is 0 Å². The molecule has 2 heterocycles. The largest absolute Gasteiger partial charge is 0.380 e. The first kappa shape index (κ1) is 8.81. The summed E-state index contributed by atoms with van der Waals surface area (Å²) in [5, 5.41) is 0.576. The number of thioether (sulfide) groups is 1. The second-order valence-electron chi connectivity index (χ2n) is 2.53. The van der Waals surface area contributed by atoms with E-state index in [0.717, 1.165) is 28.3 Å². The fraction of sp³-hybridized carbons (Fsp3) is 0.571. The van der Waals surface area contributed by atoms with Gasteiger partial charge in [-0.3, -0.25) is 0 Å². The van der Waals surface area contributed by atoms with Crippen molar-refractivity contribution in [1.29, 1.82) is 0 Å². The van der Waals surface area contributed by atoms with Crippen molar-refractivity contribution < 1.29 is 4.74 Å². The maximum atomic E-state index is 5.76. The van der Waals surface area contributed by atoms with Crippen LogP contribution in [0.5, 0.6) is 0 Å². The van der Waals surface area contributed by atoms with Crippen LogP contribution in [0.2, 0.25) is 4.34 Å². The van der Waals surface area contributed by atoms with Crippen molar-refractivity contribution >= 4 is 34.7 Å². The molecule has 1 aliphatic heterocycles. The van der Waals surface area contributed by atoms with Gasteiger partial charge >= 0.3 is 0 Å². The molecule has 12 heavy (non-hydrogen) atoms. The SMILES string of the molecule is Clc1cnc(SC2CCOC2)s1. The molecule has 5 heteroatoms. The van der Waals surface area contributed by atoms with Gasteiger partial charge in [0.2, 0.25) is 0 Å². The lowest BCUT2D eigenvalue weighted by Crippen LogP contribution is -1.99. The van der Waals surface area contributed by atoms with Crippen molar-refractivity contribution in [2.75, 3.05) is 13.2 Å². The molecule has 1 fully saturated rings. The molecule has 0 amide bonds. The molecule has 2 rings (SSSR count). The Morgan fingerprint density at radius 1 is 1.75 bits per heavy atom. The normalized spacial score (nSPS) is 23.2. The van der Waals surface area contributed by atoms with Gasteiger partial charge in [0.25, 0.3) is 0 Å². The number of hydrogen-bond donors (Lipinski definition) is 0. The van der Waals surface area contributed by atoms with E-state index in [9.17, 15) is 0 Å². The number of thiazole rings is 1. The molecular formula is C7H8ClNOS2. The van der Waals surface area contributed by atoms with Crippen molar-refractivity contribution in [3.8, 4) is 0 Å². The van der Waals surface area contributed by atoms with E-state index in [2.05, 4.69) is 4.98 Å². The van der Waals surface area contributed by atoms with E-state index in [1.165, 1.54) is 11.3 Å². The van der Waals surface area contributed by atoms with Crippen LogP contribution in [0.15, 0.2) is 10.5 Å². The quantitative estimate of drug-likeness (QED) is 0.767. The van der Waals surface area contributed by atoms with E-state index in [4.69, 9.17) is 16.3 Å². The minimum Gasteiger partial charge on any atom is -0.380 e. The maximum Gasteiger partial charge on any atom is 0.151 e. The van der Waals surface area contributed by atoms with Crippen molar-refractivity contribution in [3.63, 3.8) is 0 Å². The van der Waals surface area contributed by atoms with Gasteiger partial charge in [0.1, 0.15) is 4.34 Å². The number of nitrogens with zero attached hydrogens (tertiary/aromatic N) is 1. The highest BCUT2D eigenvalue weighted by atomic mass is 35.5. The molecule has 0 aromatic carbocycles. The van der Waals surface area contributed by atoms with E-state index >= 15 is 0 Å². The van der Waals surface area contributed by atoms with Crippen LogP contribution in [-0.2, 0) is 4.74 Å². The molecule has 66 valence electrons. The molecule has 0 saturated carbocycles. The summed E-state index contributed by atoms with van der Waals surface area (Å²) in [6, 6.07) is 0. The fourth-order valence-corrected chi connectivity index (χ4v) is 3.47. The summed E-state index contributed by atoms with van der Waals surface area (Å²) in [5.41, 5.74) is 0. The number of rotatable bonds is 2. The lowest BCUT2D eigenvalue weighted by molar-refractivity contribution is 0.199. The van der Waals surface area contributed by atoms with Crippen LogP contribution in [0.1, 0.15) is 6.42 Å². The van der Waals surface area contributed by atoms with Crippen LogP contribution in [-0.4, -0.2) is 23.4 Å². The predicted octanol–water partition coefficient (Wildman–Crippen LogP) is 2.68. The third-order valence-electron chi connectivity index (χ3n) is 1.61. The summed E-state index contributed by atoms with van der Waals surface area (Å²) in [5.74, 6) is 0. The van der Waals surface area contributed by atoms with E-state index in [1.54, 1.807) is 18.0 Å². The van der Waals surface area contributed by atoms with E-state index in [1.807, 2.05) is 0 Å². The third-order valence-corrected chi connectivity index (χ3v) is 4.07. The summed E-state index contributed by atoms with van der Waals surface area (Å²) >= 11 is 9.06. The van der Waals surface area contributed by atoms with Crippen LogP contribution >= 0.6 is 34.7 Å². The molecule has 1 unspecified atom stereocenters. The summed E-state index contributed by atoms with van der Waals surface area (Å²) in [7, 11) is 0. The minimum absolute atomic E-state index is 0.576. The highest BCUT2D eigenvalue weighted by Crippen LogP contribution is 2.33. The van der Waals surface area contributed by atoms with Crippen molar-refractivity contribution in [2.24, 2.45) is 0 Å². The molecule has 0 aliphatic carbocycles. The molecule has 1 aromatic rings. The molecule has 1 aliphatic rings. The molecule has 1 aromatic heterocycles. The Bertz CT molecular complexity index is 260. The zero-order valence-corrected chi connectivity index (χ0v) is 8.71. The van der Waals surface area contributed by atoms with E-state index in [-0.39, 0.29) is 0 Å². The van der Waals surface area contributed by atoms with Gasteiger partial charge in [-0.05, 0) is 6.42 Å². The lowest BCUT2D eigenvalue weighted by atomic mass is 10.4. The third kappa shape index (κ3) is 2.13. The Balaban J connectivity index is 1.94. The van der Waals surface area contributed by atoms with Gasteiger partial charge < -0.3 is 4.74 Å². The van der Waals surface area contributed by atoms with Crippen molar-refractivity contribution in [2.45, 2.75) is 16.0 Å². The Kier molecular flexibility index (Phi) is 2.91. The summed E-state index contributed by atoms with van der Waals surface area (Å²) in [4.78, 5) is 4.17. The second kappa shape index (κ2) is 3.96. The standard InChI is InChI=1S/C7H8ClNOS2/c8-6-3-9-7(12-6)11-5-1-2-10-4-5/h3,5H,1-2,4H2. The van der Waals surface area contributed by atoms with Gasteiger partial charge in [-0.15, -0.1) is 0 Å². The zero-order chi connectivity index (χ0) is 8.39. The Morgan fingerprint density at radius 3 is 3.25 bits per heavy atom. The van der Waals surface area contributed by atoms with Crippen molar-refractivity contribution in [3.05, 3.63) is 10.5 Å². The van der Waals surface area contributed by atoms with Gasteiger partial charge in [-0.25, -0.2) is 4.98 Å². The molecule has 1 saturated heterocycles. The Hall–Kier alpha value is 0.230. The van der Waals surface area contributed by atoms with Crippen molar-refractivity contribution in [1.82, 2.24) is 4.98 Å². The highest BCUT2D eigenvalue weighted by molar-refractivity contribution is 8.01. The van der Waals surface area contributed by atoms with Gasteiger partial charge in [-0.1, -0.05) is 34.7 Å². The Labute approximate surface area is 84.3 Å². The van der Waals surface area contributed by atoms with Crippen LogP contribution < -0.4 is 0 Å². The van der Waals surface area contributed by atoms with Crippen LogP contribution in [0.4, 0.5) is 0 Å². The average Bonchev–Trinajstić information content (AvgIpc) is 2.63. The smallest absolute Gasteiger partial charge is 0.151 e. The predicted molar refractivity (Wildman–Crippen MR) is 52.2 cm³/mol. The van der Waals surface area contributed by atoms with Gasteiger partial charge in [0.15, 0.2) is 4.34 Å². The van der Waals surface area contributed by atoms with Crippen LogP contribution in [0, 0.1) is 0 Å². The topological polar surface area (TPSA) is 22.1 Å². The maximum absolute atomic E-state index is 5.76. The summed E-state index contributed by atoms with van der Waals surface area (Å²) in [6.45, 7) is 1.73. The lowest BCUT2D eigenvalue weighted by Gasteiger charge is -2.01. The van der Waals surface area contributed by atoms with Gasteiger partial charge in [0.05, 0.1) is 12.8 Å². The highest BCUT2D eigenvalue weighted by Gasteiger charge is 2.18. The molecule has 0 radical (unpaired) electrons. The molecule has 0 bridgehead atoms. The number of halogens is 1.